The van der Waals surface area contributed by atoms with E-state index in [9.17, 15) is 4.39 Å². The Morgan fingerprint density at radius 2 is 1.84 bits per heavy atom. The topological polar surface area (TPSA) is 57.8 Å². The standard InChI is InChI=1S/C25H22FN5O/c1-16-14-30(15-27-16)22-11-8-19(13-23(22)32-3)24-21-5-4-12-31(25(21)29-28-24)17(2)18-6-9-20(26)10-7-18/h4-15,17H,1-3H3. The molecule has 3 heterocycles. The third-order valence-corrected chi connectivity index (χ3v) is 5.71. The molecule has 0 radical (unpaired) electrons. The van der Waals surface area contributed by atoms with E-state index in [0.717, 1.165) is 45.3 Å². The normalized spacial score (nSPS) is 12.2. The summed E-state index contributed by atoms with van der Waals surface area (Å²) in [5.74, 6) is 1.25. The summed E-state index contributed by atoms with van der Waals surface area (Å²) in [6.07, 6.45) is 5.69. The molecule has 2 aliphatic rings. The first-order valence-corrected chi connectivity index (χ1v) is 10.3. The lowest BCUT2D eigenvalue weighted by Crippen LogP contribution is -2.10. The molecule has 0 saturated carbocycles. The molecule has 0 N–H and O–H groups in total. The Hall–Kier alpha value is -4.00. The maximum absolute atomic E-state index is 13.4. The minimum absolute atomic E-state index is 0.0229. The van der Waals surface area contributed by atoms with E-state index in [2.05, 4.69) is 26.7 Å². The van der Waals surface area contributed by atoms with Gasteiger partial charge in [0, 0.05) is 23.5 Å². The highest BCUT2D eigenvalue weighted by atomic mass is 19.1. The Labute approximate surface area is 185 Å². The fraction of sp³-hybridized carbons (Fsp3) is 0.160. The molecule has 3 aromatic rings. The monoisotopic (exact) mass is 427 g/mol. The summed E-state index contributed by atoms with van der Waals surface area (Å²) in [6, 6.07) is 16.5. The molecule has 7 heteroatoms. The van der Waals surface area contributed by atoms with Crippen molar-refractivity contribution in [3.05, 3.63) is 90.4 Å². The van der Waals surface area contributed by atoms with Crippen molar-refractivity contribution < 1.29 is 9.13 Å². The molecule has 5 rings (SSSR count). The van der Waals surface area contributed by atoms with Gasteiger partial charge in [-0.2, -0.15) is 0 Å². The Balaban J connectivity index is 1.53. The summed E-state index contributed by atoms with van der Waals surface area (Å²) >= 11 is 0. The van der Waals surface area contributed by atoms with Crippen LogP contribution >= 0.6 is 0 Å². The van der Waals surface area contributed by atoms with Gasteiger partial charge in [0.15, 0.2) is 5.82 Å². The van der Waals surface area contributed by atoms with Gasteiger partial charge in [0.05, 0.1) is 30.9 Å². The summed E-state index contributed by atoms with van der Waals surface area (Å²) in [5, 5.41) is 8.97. The van der Waals surface area contributed by atoms with Crippen molar-refractivity contribution in [3.63, 3.8) is 0 Å². The number of aromatic nitrogens is 5. The van der Waals surface area contributed by atoms with Crippen LogP contribution in [-0.2, 0) is 0 Å². The van der Waals surface area contributed by atoms with Crippen LogP contribution in [0.1, 0.15) is 24.2 Å². The maximum Gasteiger partial charge on any atom is 0.165 e. The summed E-state index contributed by atoms with van der Waals surface area (Å²) in [4.78, 5) is 4.30. The Kier molecular flexibility index (Phi) is 4.93. The number of hydrogen-bond donors (Lipinski definition) is 0. The summed E-state index contributed by atoms with van der Waals surface area (Å²) in [7, 11) is 1.65. The Morgan fingerprint density at radius 1 is 1.03 bits per heavy atom. The van der Waals surface area contributed by atoms with Crippen LogP contribution in [0.15, 0.2) is 73.3 Å². The lowest BCUT2D eigenvalue weighted by Gasteiger charge is -2.19. The average Bonchev–Trinajstić information content (AvgIpc) is 3.45. The predicted molar refractivity (Wildman–Crippen MR) is 121 cm³/mol. The zero-order chi connectivity index (χ0) is 22.2. The maximum atomic E-state index is 13.4. The second-order valence-corrected chi connectivity index (χ2v) is 7.74. The van der Waals surface area contributed by atoms with E-state index >= 15 is 0 Å². The van der Waals surface area contributed by atoms with Gasteiger partial charge in [0.25, 0.3) is 0 Å². The highest BCUT2D eigenvalue weighted by Gasteiger charge is 2.21. The summed E-state index contributed by atoms with van der Waals surface area (Å²) in [6.45, 7) is 4.01. The van der Waals surface area contributed by atoms with E-state index in [1.165, 1.54) is 12.1 Å². The van der Waals surface area contributed by atoms with Crippen LogP contribution in [-0.4, -0.2) is 31.4 Å². The first kappa shape index (κ1) is 19.9. The second-order valence-electron chi connectivity index (χ2n) is 7.74. The third-order valence-electron chi connectivity index (χ3n) is 5.71. The molecule has 2 aromatic carbocycles. The molecule has 2 aliphatic heterocycles. The van der Waals surface area contributed by atoms with Crippen LogP contribution in [0.5, 0.6) is 5.75 Å². The fourth-order valence-electron chi connectivity index (χ4n) is 3.98. The van der Waals surface area contributed by atoms with Gasteiger partial charge in [0.2, 0.25) is 0 Å². The van der Waals surface area contributed by atoms with E-state index in [4.69, 9.17) is 4.74 Å². The molecule has 0 bridgehead atoms. The first-order valence-electron chi connectivity index (χ1n) is 10.3. The number of benzene rings is 2. The largest absolute Gasteiger partial charge is 0.495 e. The number of methoxy groups -OCH3 is 1. The van der Waals surface area contributed by atoms with Crippen molar-refractivity contribution in [2.24, 2.45) is 0 Å². The highest BCUT2D eigenvalue weighted by molar-refractivity contribution is 5.80. The van der Waals surface area contributed by atoms with Gasteiger partial charge in [-0.15, -0.1) is 10.2 Å². The molecule has 1 unspecified atom stereocenters. The molecule has 0 fully saturated rings. The molecule has 1 atom stereocenters. The van der Waals surface area contributed by atoms with E-state index in [0.29, 0.717) is 0 Å². The quantitative estimate of drug-likeness (QED) is 0.382. The van der Waals surface area contributed by atoms with Crippen LogP contribution < -0.4 is 4.74 Å². The minimum atomic E-state index is -0.247. The molecule has 0 saturated heterocycles. The first-order chi connectivity index (χ1) is 15.5. The number of pyridine rings is 1. The van der Waals surface area contributed by atoms with Crippen molar-refractivity contribution in [1.29, 1.82) is 0 Å². The van der Waals surface area contributed by atoms with Gasteiger partial charge in [-0.1, -0.05) is 18.2 Å². The zero-order valence-electron chi connectivity index (χ0n) is 18.0. The number of halogens is 1. The molecule has 0 spiro atoms. The Bertz CT molecular complexity index is 1360. The van der Waals surface area contributed by atoms with Gasteiger partial charge < -0.3 is 13.9 Å². The van der Waals surface area contributed by atoms with Crippen molar-refractivity contribution in [2.45, 2.75) is 19.9 Å². The number of rotatable bonds is 5. The number of imidazole rings is 1. The third kappa shape index (κ3) is 3.41. The zero-order valence-corrected chi connectivity index (χ0v) is 18.0. The van der Waals surface area contributed by atoms with Crippen LogP contribution in [0.3, 0.4) is 0 Å². The molecule has 0 amide bonds. The predicted octanol–water partition coefficient (Wildman–Crippen LogP) is 5.30. The summed E-state index contributed by atoms with van der Waals surface area (Å²) in [5.41, 5.74) is 5.47. The molecular weight excluding hydrogens is 405 g/mol. The molecule has 160 valence electrons. The second kappa shape index (κ2) is 7.92. The molecular formula is C25H22FN5O. The van der Waals surface area contributed by atoms with Gasteiger partial charge in [-0.05, 0) is 55.8 Å². The summed E-state index contributed by atoms with van der Waals surface area (Å²) < 4.78 is 23.0. The minimum Gasteiger partial charge on any atom is -0.495 e. The van der Waals surface area contributed by atoms with E-state index in [-0.39, 0.29) is 11.9 Å². The molecule has 0 aliphatic carbocycles. The number of fused-ring (bicyclic) bond motifs is 1. The lowest BCUT2D eigenvalue weighted by molar-refractivity contribution is 0.413. The van der Waals surface area contributed by atoms with E-state index in [1.807, 2.05) is 54.2 Å². The lowest BCUT2D eigenvalue weighted by atomic mass is 10.0. The fourth-order valence-corrected chi connectivity index (χ4v) is 3.98. The van der Waals surface area contributed by atoms with Crippen LogP contribution in [0.25, 0.3) is 28.3 Å². The van der Waals surface area contributed by atoms with E-state index in [1.54, 1.807) is 25.6 Å². The number of hydrogen-bond acceptors (Lipinski definition) is 4. The highest BCUT2D eigenvalue weighted by Crippen LogP contribution is 2.36. The molecule has 32 heavy (non-hydrogen) atoms. The molecule has 6 nitrogen and oxygen atoms in total. The SMILES string of the molecule is COc1cc(-c2nnc3n(C(C)c4ccc(F)cc4)cccc2-3)ccc1-n1cnc(C)c1. The van der Waals surface area contributed by atoms with Gasteiger partial charge in [-0.3, -0.25) is 0 Å². The van der Waals surface area contributed by atoms with Gasteiger partial charge >= 0.3 is 0 Å². The van der Waals surface area contributed by atoms with Gasteiger partial charge in [-0.25, -0.2) is 9.37 Å². The number of nitrogens with zero attached hydrogens (tertiary/aromatic N) is 5. The van der Waals surface area contributed by atoms with Gasteiger partial charge in [0.1, 0.15) is 17.3 Å². The Morgan fingerprint density at radius 3 is 2.56 bits per heavy atom. The number of aryl methyl sites for hydroxylation is 1. The van der Waals surface area contributed by atoms with Crippen molar-refractivity contribution in [2.75, 3.05) is 7.11 Å². The smallest absolute Gasteiger partial charge is 0.165 e. The number of ether oxygens (including phenoxy) is 1. The van der Waals surface area contributed by atoms with Crippen molar-refractivity contribution in [3.8, 4) is 34.1 Å². The molecule has 1 aromatic heterocycles. The van der Waals surface area contributed by atoms with Crippen LogP contribution in [0, 0.1) is 12.7 Å². The van der Waals surface area contributed by atoms with Crippen LogP contribution in [0.4, 0.5) is 4.39 Å². The average molecular weight is 427 g/mol. The van der Waals surface area contributed by atoms with Crippen molar-refractivity contribution >= 4 is 0 Å². The van der Waals surface area contributed by atoms with Crippen LogP contribution in [0.2, 0.25) is 0 Å². The van der Waals surface area contributed by atoms with E-state index < -0.39 is 0 Å². The van der Waals surface area contributed by atoms with Crippen molar-refractivity contribution in [1.82, 2.24) is 24.3 Å².